The molecule has 0 saturated carbocycles. The van der Waals surface area contributed by atoms with Gasteiger partial charge in [-0.15, -0.1) is 0 Å². The first-order valence-electron chi connectivity index (χ1n) is 6.81. The van der Waals surface area contributed by atoms with Gasteiger partial charge < -0.3 is 9.67 Å². The van der Waals surface area contributed by atoms with Crippen molar-refractivity contribution in [2.24, 2.45) is 0 Å². The maximum absolute atomic E-state index is 13.7. The summed E-state index contributed by atoms with van der Waals surface area (Å²) < 4.78 is 15.5. The van der Waals surface area contributed by atoms with E-state index in [-0.39, 0.29) is 5.56 Å². The van der Waals surface area contributed by atoms with Crippen LogP contribution in [0.15, 0.2) is 36.4 Å². The van der Waals surface area contributed by atoms with E-state index in [9.17, 15) is 19.1 Å². The number of carboxylic acids is 1. The van der Waals surface area contributed by atoms with Crippen LogP contribution in [0.1, 0.15) is 40.5 Å². The molecule has 0 aliphatic carbocycles. The Kier molecular flexibility index (Phi) is 3.33. The summed E-state index contributed by atoms with van der Waals surface area (Å²) >= 11 is 0. The summed E-state index contributed by atoms with van der Waals surface area (Å²) in [4.78, 5) is 23.7. The molecule has 5 heteroatoms. The number of ketones is 1. The number of carbonyl (C=O) groups excluding carboxylic acids is 1. The molecule has 0 amide bonds. The monoisotopic (exact) mass is 287 g/mol. The SMILES string of the molecule is O=C(c1ccccc1F)c1ccc2n1CCCC2C(=O)O. The number of halogens is 1. The second kappa shape index (κ2) is 5.16. The first-order chi connectivity index (χ1) is 10.1. The van der Waals surface area contributed by atoms with Crippen LogP contribution in [-0.2, 0) is 11.3 Å². The molecular weight excluding hydrogens is 273 g/mol. The van der Waals surface area contributed by atoms with Gasteiger partial charge in [-0.1, -0.05) is 12.1 Å². The molecule has 0 fully saturated rings. The molecule has 3 rings (SSSR count). The number of nitrogens with zero attached hydrogens (tertiary/aromatic N) is 1. The average Bonchev–Trinajstić information content (AvgIpc) is 2.90. The summed E-state index contributed by atoms with van der Waals surface area (Å²) in [5.74, 6) is -2.46. The van der Waals surface area contributed by atoms with Crippen LogP contribution in [0.3, 0.4) is 0 Å². The number of rotatable bonds is 3. The Bertz CT molecular complexity index is 720. The minimum Gasteiger partial charge on any atom is -0.481 e. The van der Waals surface area contributed by atoms with E-state index in [2.05, 4.69) is 0 Å². The average molecular weight is 287 g/mol. The minimum atomic E-state index is -0.890. The van der Waals surface area contributed by atoms with Crippen molar-refractivity contribution < 1.29 is 19.1 Å². The second-order valence-electron chi connectivity index (χ2n) is 5.14. The molecule has 108 valence electrons. The Hall–Kier alpha value is -2.43. The first kappa shape index (κ1) is 13.5. The molecule has 2 heterocycles. The highest BCUT2D eigenvalue weighted by atomic mass is 19.1. The summed E-state index contributed by atoms with van der Waals surface area (Å²) in [5, 5.41) is 9.24. The molecule has 2 aromatic rings. The number of carboxylic acid groups (broad SMARTS) is 1. The van der Waals surface area contributed by atoms with E-state index in [4.69, 9.17) is 0 Å². The number of hydrogen-bond acceptors (Lipinski definition) is 2. The molecule has 1 aliphatic heterocycles. The topological polar surface area (TPSA) is 59.3 Å². The largest absolute Gasteiger partial charge is 0.481 e. The van der Waals surface area contributed by atoms with Gasteiger partial charge in [-0.3, -0.25) is 9.59 Å². The molecule has 0 radical (unpaired) electrons. The zero-order chi connectivity index (χ0) is 15.0. The Balaban J connectivity index is 2.04. The van der Waals surface area contributed by atoms with Gasteiger partial charge in [-0.25, -0.2) is 4.39 Å². The first-order valence-corrected chi connectivity index (χ1v) is 6.81. The van der Waals surface area contributed by atoms with Crippen LogP contribution in [0.4, 0.5) is 4.39 Å². The highest BCUT2D eigenvalue weighted by molar-refractivity contribution is 6.08. The third-order valence-electron chi connectivity index (χ3n) is 3.90. The number of hydrogen-bond donors (Lipinski definition) is 1. The molecule has 0 spiro atoms. The van der Waals surface area contributed by atoms with Crippen LogP contribution >= 0.6 is 0 Å². The number of aromatic nitrogens is 1. The molecule has 1 unspecified atom stereocenters. The predicted octanol–water partition coefficient (Wildman–Crippen LogP) is 2.82. The lowest BCUT2D eigenvalue weighted by molar-refractivity contribution is -0.139. The van der Waals surface area contributed by atoms with E-state index >= 15 is 0 Å². The predicted molar refractivity (Wildman–Crippen MR) is 73.9 cm³/mol. The third-order valence-corrected chi connectivity index (χ3v) is 3.90. The van der Waals surface area contributed by atoms with Gasteiger partial charge in [0.2, 0.25) is 5.78 Å². The van der Waals surface area contributed by atoms with Gasteiger partial charge in [-0.2, -0.15) is 0 Å². The summed E-state index contributed by atoms with van der Waals surface area (Å²) in [5.41, 5.74) is 0.977. The smallest absolute Gasteiger partial charge is 0.312 e. The van der Waals surface area contributed by atoms with Crippen LogP contribution in [0, 0.1) is 5.82 Å². The van der Waals surface area contributed by atoms with E-state index in [0.717, 1.165) is 0 Å². The van der Waals surface area contributed by atoms with E-state index < -0.39 is 23.5 Å². The maximum atomic E-state index is 13.7. The fourth-order valence-corrected chi connectivity index (χ4v) is 2.87. The van der Waals surface area contributed by atoms with Crippen molar-refractivity contribution in [1.82, 2.24) is 4.57 Å². The summed E-state index contributed by atoms with van der Waals surface area (Å²) in [6, 6.07) is 9.07. The second-order valence-corrected chi connectivity index (χ2v) is 5.14. The fourth-order valence-electron chi connectivity index (χ4n) is 2.87. The van der Waals surface area contributed by atoms with Gasteiger partial charge in [0.05, 0.1) is 17.2 Å². The molecule has 0 saturated heterocycles. The number of carbonyl (C=O) groups is 2. The lowest BCUT2D eigenvalue weighted by Crippen LogP contribution is -2.24. The van der Waals surface area contributed by atoms with E-state index in [1.807, 2.05) is 0 Å². The maximum Gasteiger partial charge on any atom is 0.312 e. The zero-order valence-corrected chi connectivity index (χ0v) is 11.3. The van der Waals surface area contributed by atoms with E-state index in [1.165, 1.54) is 18.2 Å². The van der Waals surface area contributed by atoms with Crippen molar-refractivity contribution in [3.8, 4) is 0 Å². The molecule has 1 aromatic carbocycles. The molecule has 1 aliphatic rings. The van der Waals surface area contributed by atoms with Crippen molar-refractivity contribution in [3.63, 3.8) is 0 Å². The van der Waals surface area contributed by atoms with Crippen molar-refractivity contribution in [1.29, 1.82) is 0 Å². The van der Waals surface area contributed by atoms with Gasteiger partial charge in [-0.05, 0) is 37.1 Å². The van der Waals surface area contributed by atoms with Crippen LogP contribution in [0.25, 0.3) is 0 Å². The van der Waals surface area contributed by atoms with Crippen LogP contribution in [0.2, 0.25) is 0 Å². The standard InChI is InChI=1S/C16H14FNO3/c17-12-6-2-1-4-10(12)15(19)14-8-7-13-11(16(20)21)5-3-9-18(13)14/h1-2,4,6-8,11H,3,5,9H2,(H,20,21). The zero-order valence-electron chi connectivity index (χ0n) is 11.3. The van der Waals surface area contributed by atoms with E-state index in [0.29, 0.717) is 30.8 Å². The summed E-state index contributed by atoms with van der Waals surface area (Å²) in [6.07, 6.45) is 1.25. The van der Waals surface area contributed by atoms with Crippen LogP contribution in [-0.4, -0.2) is 21.4 Å². The molecule has 21 heavy (non-hydrogen) atoms. The Morgan fingerprint density at radius 2 is 1.95 bits per heavy atom. The fraction of sp³-hybridized carbons (Fsp3) is 0.250. The Morgan fingerprint density at radius 1 is 1.19 bits per heavy atom. The number of benzene rings is 1. The Labute approximate surface area is 120 Å². The van der Waals surface area contributed by atoms with Gasteiger partial charge >= 0.3 is 5.97 Å². The molecule has 0 bridgehead atoms. The molecular formula is C16H14FNO3. The highest BCUT2D eigenvalue weighted by Gasteiger charge is 2.29. The van der Waals surface area contributed by atoms with Gasteiger partial charge in [0.15, 0.2) is 0 Å². The Morgan fingerprint density at radius 3 is 2.67 bits per heavy atom. The van der Waals surface area contributed by atoms with Gasteiger partial charge in [0.25, 0.3) is 0 Å². The number of aliphatic carboxylic acids is 1. The summed E-state index contributed by atoms with van der Waals surface area (Å²) in [7, 11) is 0. The lowest BCUT2D eigenvalue weighted by atomic mass is 9.96. The summed E-state index contributed by atoms with van der Waals surface area (Å²) in [6.45, 7) is 0.585. The quantitative estimate of drug-likeness (QED) is 0.883. The van der Waals surface area contributed by atoms with Crippen molar-refractivity contribution in [3.05, 3.63) is 59.2 Å². The van der Waals surface area contributed by atoms with Gasteiger partial charge in [0, 0.05) is 12.2 Å². The van der Waals surface area contributed by atoms with Gasteiger partial charge in [0.1, 0.15) is 5.82 Å². The molecule has 1 aromatic heterocycles. The lowest BCUT2D eigenvalue weighted by Gasteiger charge is -2.23. The minimum absolute atomic E-state index is 0.0100. The highest BCUT2D eigenvalue weighted by Crippen LogP contribution is 2.30. The van der Waals surface area contributed by atoms with Crippen LogP contribution < -0.4 is 0 Å². The normalized spacial score (nSPS) is 17.3. The molecule has 4 nitrogen and oxygen atoms in total. The molecule has 1 N–H and O–H groups in total. The van der Waals surface area contributed by atoms with Crippen LogP contribution in [0.5, 0.6) is 0 Å². The number of fused-ring (bicyclic) bond motifs is 1. The van der Waals surface area contributed by atoms with Crippen molar-refractivity contribution in [2.75, 3.05) is 0 Å². The van der Waals surface area contributed by atoms with Crippen molar-refractivity contribution in [2.45, 2.75) is 25.3 Å². The van der Waals surface area contributed by atoms with E-state index in [1.54, 1.807) is 22.8 Å². The third kappa shape index (κ3) is 2.24. The van der Waals surface area contributed by atoms with Crippen molar-refractivity contribution >= 4 is 11.8 Å². The molecule has 1 atom stereocenters.